The monoisotopic (exact) mass is 253 g/mol. The number of oxazole rings is 1. The fraction of sp³-hybridized carbons (Fsp3) is 0.353. The zero-order valence-electron chi connectivity index (χ0n) is 11.1. The van der Waals surface area contributed by atoms with Crippen molar-refractivity contribution in [3.05, 3.63) is 48.5 Å². The van der Waals surface area contributed by atoms with Crippen LogP contribution in [0.15, 0.2) is 47.0 Å². The lowest BCUT2D eigenvalue weighted by atomic mass is 10.00. The standard InChI is InChI=1S/C17H19NO/c1-2-5-11-15(12-6-3-1)17-18-13-16(19-17)14-9-7-4-8-10-14/h4,7-11,13H,1-3,5-6,12H2/b15-11+. The minimum absolute atomic E-state index is 0.806. The van der Waals surface area contributed by atoms with Gasteiger partial charge in [-0.1, -0.05) is 49.2 Å². The summed E-state index contributed by atoms with van der Waals surface area (Å²) in [5.41, 5.74) is 2.37. The van der Waals surface area contributed by atoms with Crippen molar-refractivity contribution in [1.82, 2.24) is 4.98 Å². The Morgan fingerprint density at radius 3 is 2.68 bits per heavy atom. The minimum atomic E-state index is 0.806. The first-order valence-electron chi connectivity index (χ1n) is 7.14. The third-order valence-corrected chi connectivity index (χ3v) is 3.63. The van der Waals surface area contributed by atoms with Crippen LogP contribution in [0.4, 0.5) is 0 Å². The average molecular weight is 253 g/mol. The Kier molecular flexibility index (Phi) is 3.78. The highest BCUT2D eigenvalue weighted by Crippen LogP contribution is 2.28. The van der Waals surface area contributed by atoms with E-state index in [1.54, 1.807) is 0 Å². The van der Waals surface area contributed by atoms with Crippen LogP contribution in [-0.2, 0) is 0 Å². The third kappa shape index (κ3) is 2.95. The molecule has 1 aromatic heterocycles. The van der Waals surface area contributed by atoms with Crippen molar-refractivity contribution in [2.45, 2.75) is 38.5 Å². The molecule has 1 aliphatic rings. The second-order valence-electron chi connectivity index (χ2n) is 5.08. The van der Waals surface area contributed by atoms with E-state index in [9.17, 15) is 0 Å². The molecule has 0 spiro atoms. The molecule has 0 atom stereocenters. The minimum Gasteiger partial charge on any atom is -0.437 e. The second-order valence-corrected chi connectivity index (χ2v) is 5.08. The Balaban J connectivity index is 1.84. The number of hydrogen-bond acceptors (Lipinski definition) is 2. The van der Waals surface area contributed by atoms with Gasteiger partial charge in [0, 0.05) is 11.1 Å². The Hall–Kier alpha value is -1.83. The van der Waals surface area contributed by atoms with Gasteiger partial charge in [-0.25, -0.2) is 4.98 Å². The van der Waals surface area contributed by atoms with Gasteiger partial charge in [-0.2, -0.15) is 0 Å². The van der Waals surface area contributed by atoms with E-state index in [-0.39, 0.29) is 0 Å². The van der Waals surface area contributed by atoms with Crippen molar-refractivity contribution in [3.8, 4) is 11.3 Å². The Labute approximate surface area is 114 Å². The first kappa shape index (κ1) is 12.2. The fourth-order valence-corrected chi connectivity index (χ4v) is 2.54. The first-order chi connectivity index (χ1) is 9.43. The molecule has 2 heteroatoms. The van der Waals surface area contributed by atoms with Crippen molar-refractivity contribution in [2.75, 3.05) is 0 Å². The van der Waals surface area contributed by atoms with Gasteiger partial charge in [0.2, 0.25) is 5.89 Å². The summed E-state index contributed by atoms with van der Waals surface area (Å²) in [5, 5.41) is 0. The van der Waals surface area contributed by atoms with E-state index in [0.29, 0.717) is 0 Å². The van der Waals surface area contributed by atoms with Crippen LogP contribution in [0.5, 0.6) is 0 Å². The largest absolute Gasteiger partial charge is 0.437 e. The molecule has 0 saturated heterocycles. The van der Waals surface area contributed by atoms with Crippen LogP contribution in [0, 0.1) is 0 Å². The fourth-order valence-electron chi connectivity index (χ4n) is 2.54. The number of aromatic nitrogens is 1. The summed E-state index contributed by atoms with van der Waals surface area (Å²) in [6, 6.07) is 10.2. The van der Waals surface area contributed by atoms with Crippen molar-refractivity contribution < 1.29 is 4.42 Å². The van der Waals surface area contributed by atoms with Crippen molar-refractivity contribution >= 4 is 5.57 Å². The van der Waals surface area contributed by atoms with Crippen molar-refractivity contribution in [1.29, 1.82) is 0 Å². The van der Waals surface area contributed by atoms with Gasteiger partial charge in [-0.05, 0) is 25.7 Å². The van der Waals surface area contributed by atoms with Gasteiger partial charge < -0.3 is 4.42 Å². The predicted molar refractivity (Wildman–Crippen MR) is 77.6 cm³/mol. The van der Waals surface area contributed by atoms with E-state index in [4.69, 9.17) is 4.42 Å². The molecular weight excluding hydrogens is 234 g/mol. The maximum Gasteiger partial charge on any atom is 0.222 e. The van der Waals surface area contributed by atoms with Crippen molar-refractivity contribution in [2.24, 2.45) is 0 Å². The topological polar surface area (TPSA) is 26.0 Å². The van der Waals surface area contributed by atoms with Crippen LogP contribution >= 0.6 is 0 Å². The predicted octanol–water partition coefficient (Wildman–Crippen LogP) is 5.08. The number of allylic oxidation sites excluding steroid dienone is 2. The summed E-state index contributed by atoms with van der Waals surface area (Å²) >= 11 is 0. The summed E-state index contributed by atoms with van der Waals surface area (Å²) in [5.74, 6) is 1.67. The molecule has 98 valence electrons. The molecule has 0 saturated carbocycles. The molecule has 0 radical (unpaired) electrons. The molecule has 2 nitrogen and oxygen atoms in total. The first-order valence-corrected chi connectivity index (χ1v) is 7.14. The lowest BCUT2D eigenvalue weighted by Gasteiger charge is -2.08. The third-order valence-electron chi connectivity index (χ3n) is 3.63. The van der Waals surface area contributed by atoms with Gasteiger partial charge >= 0.3 is 0 Å². The molecule has 0 fully saturated rings. The zero-order valence-corrected chi connectivity index (χ0v) is 11.1. The maximum atomic E-state index is 5.93. The smallest absolute Gasteiger partial charge is 0.222 e. The quantitative estimate of drug-likeness (QED) is 0.746. The Bertz CT molecular complexity index is 554. The normalized spacial score (nSPS) is 19.3. The molecule has 1 aromatic carbocycles. The van der Waals surface area contributed by atoms with E-state index in [0.717, 1.165) is 30.1 Å². The van der Waals surface area contributed by atoms with Crippen LogP contribution in [-0.4, -0.2) is 4.98 Å². The second kappa shape index (κ2) is 5.87. The number of nitrogens with zero attached hydrogens (tertiary/aromatic N) is 1. The van der Waals surface area contributed by atoms with E-state index < -0.39 is 0 Å². The number of hydrogen-bond donors (Lipinski definition) is 0. The highest BCUT2D eigenvalue weighted by atomic mass is 16.4. The van der Waals surface area contributed by atoms with E-state index in [1.807, 2.05) is 24.4 Å². The number of benzene rings is 1. The molecule has 1 heterocycles. The van der Waals surface area contributed by atoms with Crippen LogP contribution < -0.4 is 0 Å². The summed E-state index contributed by atoms with van der Waals surface area (Å²) in [7, 11) is 0. The zero-order chi connectivity index (χ0) is 12.9. The maximum absolute atomic E-state index is 5.93. The SMILES string of the molecule is C1=C(/c2ncc(-c3ccccc3)o2)CCCCCC/1. The average Bonchev–Trinajstić information content (AvgIpc) is 2.89. The van der Waals surface area contributed by atoms with Gasteiger partial charge in [0.15, 0.2) is 5.76 Å². The molecule has 0 amide bonds. The van der Waals surface area contributed by atoms with E-state index >= 15 is 0 Å². The van der Waals surface area contributed by atoms with Gasteiger partial charge in [0.05, 0.1) is 6.20 Å². The highest BCUT2D eigenvalue weighted by Gasteiger charge is 2.11. The molecule has 1 aliphatic carbocycles. The summed E-state index contributed by atoms with van der Waals surface area (Å²) in [6.07, 6.45) is 11.6. The van der Waals surface area contributed by atoms with E-state index in [2.05, 4.69) is 23.2 Å². The van der Waals surface area contributed by atoms with Crippen LogP contribution in [0.1, 0.15) is 44.4 Å². The molecular formula is C17H19NO. The van der Waals surface area contributed by atoms with Gasteiger partial charge in [-0.15, -0.1) is 0 Å². The van der Waals surface area contributed by atoms with Gasteiger partial charge in [-0.3, -0.25) is 0 Å². The van der Waals surface area contributed by atoms with Crippen LogP contribution in [0.2, 0.25) is 0 Å². The van der Waals surface area contributed by atoms with Crippen LogP contribution in [0.25, 0.3) is 16.9 Å². The Morgan fingerprint density at radius 1 is 0.947 bits per heavy atom. The highest BCUT2D eigenvalue weighted by molar-refractivity contribution is 5.62. The molecule has 0 bridgehead atoms. The summed E-state index contributed by atoms with van der Waals surface area (Å²) in [4.78, 5) is 4.45. The molecule has 0 unspecified atom stereocenters. The van der Waals surface area contributed by atoms with Crippen molar-refractivity contribution in [3.63, 3.8) is 0 Å². The molecule has 19 heavy (non-hydrogen) atoms. The summed E-state index contributed by atoms with van der Waals surface area (Å²) in [6.45, 7) is 0. The van der Waals surface area contributed by atoms with Gasteiger partial charge in [0.1, 0.15) is 0 Å². The lowest BCUT2D eigenvalue weighted by Crippen LogP contribution is -1.90. The summed E-state index contributed by atoms with van der Waals surface area (Å²) < 4.78 is 5.93. The lowest BCUT2D eigenvalue weighted by molar-refractivity contribution is 0.546. The number of rotatable bonds is 2. The molecule has 2 aromatic rings. The molecule has 3 rings (SSSR count). The van der Waals surface area contributed by atoms with E-state index in [1.165, 1.54) is 31.3 Å². The Morgan fingerprint density at radius 2 is 1.79 bits per heavy atom. The molecule has 0 aliphatic heterocycles. The molecule has 0 N–H and O–H groups in total. The van der Waals surface area contributed by atoms with Gasteiger partial charge in [0.25, 0.3) is 0 Å². The van der Waals surface area contributed by atoms with Crippen LogP contribution in [0.3, 0.4) is 0 Å².